The SMILES string of the molecule is CCCOc1ccc(CCl)c(OCc2ccccc2Br)c1. The van der Waals surface area contributed by atoms with Crippen LogP contribution in [0.25, 0.3) is 0 Å². The third-order valence-electron chi connectivity index (χ3n) is 3.00. The summed E-state index contributed by atoms with van der Waals surface area (Å²) in [5.41, 5.74) is 2.06. The molecular weight excluding hydrogens is 352 g/mol. The summed E-state index contributed by atoms with van der Waals surface area (Å²) in [6.45, 7) is 3.27. The summed E-state index contributed by atoms with van der Waals surface area (Å²) >= 11 is 9.50. The topological polar surface area (TPSA) is 18.5 Å². The van der Waals surface area contributed by atoms with Crippen LogP contribution in [0.3, 0.4) is 0 Å². The lowest BCUT2D eigenvalue weighted by atomic mass is 10.2. The van der Waals surface area contributed by atoms with Crippen molar-refractivity contribution in [2.24, 2.45) is 0 Å². The molecule has 0 amide bonds. The molecule has 0 saturated carbocycles. The highest BCUT2D eigenvalue weighted by molar-refractivity contribution is 9.10. The maximum atomic E-state index is 5.97. The van der Waals surface area contributed by atoms with E-state index in [9.17, 15) is 0 Å². The van der Waals surface area contributed by atoms with Gasteiger partial charge in [0.1, 0.15) is 18.1 Å². The molecule has 4 heteroatoms. The van der Waals surface area contributed by atoms with Crippen LogP contribution in [-0.4, -0.2) is 6.61 Å². The first-order chi connectivity index (χ1) is 10.2. The first kappa shape index (κ1) is 16.2. The van der Waals surface area contributed by atoms with Gasteiger partial charge in [-0.2, -0.15) is 0 Å². The van der Waals surface area contributed by atoms with Crippen LogP contribution in [0.2, 0.25) is 0 Å². The monoisotopic (exact) mass is 368 g/mol. The maximum absolute atomic E-state index is 5.97. The van der Waals surface area contributed by atoms with Crippen molar-refractivity contribution in [3.8, 4) is 11.5 Å². The van der Waals surface area contributed by atoms with Crippen molar-refractivity contribution in [3.05, 3.63) is 58.1 Å². The van der Waals surface area contributed by atoms with Gasteiger partial charge in [0.25, 0.3) is 0 Å². The predicted octanol–water partition coefficient (Wildman–Crippen LogP) is 5.56. The fourth-order valence-electron chi connectivity index (χ4n) is 1.86. The first-order valence-electron chi connectivity index (χ1n) is 6.92. The van der Waals surface area contributed by atoms with E-state index in [1.165, 1.54) is 0 Å². The molecule has 2 aromatic rings. The zero-order chi connectivity index (χ0) is 15.1. The summed E-state index contributed by atoms with van der Waals surface area (Å²) in [6.07, 6.45) is 0.977. The Hall–Kier alpha value is -1.19. The molecule has 0 aliphatic rings. The summed E-state index contributed by atoms with van der Waals surface area (Å²) in [5, 5.41) is 0. The third-order valence-corrected chi connectivity index (χ3v) is 4.06. The highest BCUT2D eigenvalue weighted by Crippen LogP contribution is 2.28. The standard InChI is InChI=1S/C17H18BrClO2/c1-2-9-20-15-8-7-13(11-19)17(10-15)21-12-14-5-3-4-6-16(14)18/h3-8,10H,2,9,11-12H2,1H3. The van der Waals surface area contributed by atoms with E-state index in [1.54, 1.807) is 0 Å². The zero-order valence-corrected chi connectivity index (χ0v) is 14.3. The molecule has 2 aromatic carbocycles. The van der Waals surface area contributed by atoms with Gasteiger partial charge in [-0.1, -0.05) is 47.1 Å². The van der Waals surface area contributed by atoms with E-state index in [-0.39, 0.29) is 0 Å². The number of hydrogen-bond acceptors (Lipinski definition) is 2. The van der Waals surface area contributed by atoms with E-state index in [0.717, 1.165) is 33.5 Å². The van der Waals surface area contributed by atoms with Gasteiger partial charge < -0.3 is 9.47 Å². The molecule has 112 valence electrons. The second-order valence-corrected chi connectivity index (χ2v) is 5.75. The molecule has 2 nitrogen and oxygen atoms in total. The smallest absolute Gasteiger partial charge is 0.127 e. The number of halogens is 2. The Morgan fingerprint density at radius 3 is 2.57 bits per heavy atom. The fourth-order valence-corrected chi connectivity index (χ4v) is 2.48. The minimum absolute atomic E-state index is 0.416. The normalized spacial score (nSPS) is 10.4. The van der Waals surface area contributed by atoms with Gasteiger partial charge in [-0.25, -0.2) is 0 Å². The van der Waals surface area contributed by atoms with Gasteiger partial charge in [0, 0.05) is 21.7 Å². The quantitative estimate of drug-likeness (QED) is 0.595. The molecule has 0 aromatic heterocycles. The Kier molecular flexibility index (Phi) is 6.40. The van der Waals surface area contributed by atoms with Crippen molar-refractivity contribution >= 4 is 27.5 Å². The van der Waals surface area contributed by atoms with E-state index < -0.39 is 0 Å². The summed E-state index contributed by atoms with van der Waals surface area (Å²) in [7, 11) is 0. The third kappa shape index (κ3) is 4.65. The summed E-state index contributed by atoms with van der Waals surface area (Å²) in [6, 6.07) is 13.8. The molecule has 2 rings (SSSR count). The van der Waals surface area contributed by atoms with Crippen LogP contribution >= 0.6 is 27.5 Å². The van der Waals surface area contributed by atoms with Gasteiger partial charge in [-0.3, -0.25) is 0 Å². The van der Waals surface area contributed by atoms with Crippen LogP contribution < -0.4 is 9.47 Å². The van der Waals surface area contributed by atoms with Crippen molar-refractivity contribution in [1.29, 1.82) is 0 Å². The Morgan fingerprint density at radius 1 is 1.05 bits per heavy atom. The van der Waals surface area contributed by atoms with E-state index in [0.29, 0.717) is 19.1 Å². The number of hydrogen-bond donors (Lipinski definition) is 0. The molecular formula is C17H18BrClO2. The summed E-state index contributed by atoms with van der Waals surface area (Å²) < 4.78 is 12.6. The zero-order valence-electron chi connectivity index (χ0n) is 11.9. The number of rotatable bonds is 7. The van der Waals surface area contributed by atoms with E-state index >= 15 is 0 Å². The predicted molar refractivity (Wildman–Crippen MR) is 90.3 cm³/mol. The van der Waals surface area contributed by atoms with Crippen LogP contribution in [0.1, 0.15) is 24.5 Å². The maximum Gasteiger partial charge on any atom is 0.127 e. The van der Waals surface area contributed by atoms with Crippen molar-refractivity contribution in [2.45, 2.75) is 25.8 Å². The summed E-state index contributed by atoms with van der Waals surface area (Å²) in [4.78, 5) is 0. The van der Waals surface area contributed by atoms with Gasteiger partial charge in [0.2, 0.25) is 0 Å². The first-order valence-corrected chi connectivity index (χ1v) is 8.25. The van der Waals surface area contributed by atoms with Crippen LogP contribution in [-0.2, 0) is 12.5 Å². The lowest BCUT2D eigenvalue weighted by molar-refractivity contribution is 0.292. The minimum Gasteiger partial charge on any atom is -0.493 e. The summed E-state index contributed by atoms with van der Waals surface area (Å²) in [5.74, 6) is 2.00. The molecule has 0 aliphatic heterocycles. The van der Waals surface area contributed by atoms with Crippen molar-refractivity contribution in [1.82, 2.24) is 0 Å². The Labute approximate surface area is 139 Å². The van der Waals surface area contributed by atoms with Crippen molar-refractivity contribution < 1.29 is 9.47 Å². The largest absolute Gasteiger partial charge is 0.493 e. The molecule has 0 unspecified atom stereocenters. The fraction of sp³-hybridized carbons (Fsp3) is 0.294. The van der Waals surface area contributed by atoms with Crippen LogP contribution in [0.4, 0.5) is 0 Å². The number of alkyl halides is 1. The molecule has 0 aliphatic carbocycles. The molecule has 0 heterocycles. The molecule has 0 spiro atoms. The van der Waals surface area contributed by atoms with Crippen molar-refractivity contribution in [2.75, 3.05) is 6.61 Å². The minimum atomic E-state index is 0.416. The number of benzene rings is 2. The molecule has 0 saturated heterocycles. The Morgan fingerprint density at radius 2 is 1.86 bits per heavy atom. The highest BCUT2D eigenvalue weighted by Gasteiger charge is 2.07. The molecule has 0 atom stereocenters. The van der Waals surface area contributed by atoms with E-state index in [4.69, 9.17) is 21.1 Å². The highest BCUT2D eigenvalue weighted by atomic mass is 79.9. The van der Waals surface area contributed by atoms with E-state index in [1.807, 2.05) is 42.5 Å². The van der Waals surface area contributed by atoms with Gasteiger partial charge in [-0.15, -0.1) is 11.6 Å². The van der Waals surface area contributed by atoms with Gasteiger partial charge in [0.05, 0.1) is 12.5 Å². The average Bonchev–Trinajstić information content (AvgIpc) is 2.52. The Bertz CT molecular complexity index is 587. The lowest BCUT2D eigenvalue weighted by Gasteiger charge is -2.13. The van der Waals surface area contributed by atoms with Crippen molar-refractivity contribution in [3.63, 3.8) is 0 Å². The molecule has 0 N–H and O–H groups in total. The average molecular weight is 370 g/mol. The Balaban J connectivity index is 2.12. The molecule has 0 fully saturated rings. The molecule has 21 heavy (non-hydrogen) atoms. The van der Waals surface area contributed by atoms with Crippen LogP contribution in [0, 0.1) is 0 Å². The second kappa shape index (κ2) is 8.30. The number of ether oxygens (including phenoxy) is 2. The van der Waals surface area contributed by atoms with Gasteiger partial charge in [-0.05, 0) is 18.6 Å². The van der Waals surface area contributed by atoms with Gasteiger partial charge in [0.15, 0.2) is 0 Å². The van der Waals surface area contributed by atoms with Crippen LogP contribution in [0.15, 0.2) is 46.9 Å². The van der Waals surface area contributed by atoms with Crippen LogP contribution in [0.5, 0.6) is 11.5 Å². The second-order valence-electron chi connectivity index (χ2n) is 4.63. The van der Waals surface area contributed by atoms with Gasteiger partial charge >= 0.3 is 0 Å². The molecule has 0 radical (unpaired) electrons. The van der Waals surface area contributed by atoms with E-state index in [2.05, 4.69) is 22.9 Å². The lowest BCUT2D eigenvalue weighted by Crippen LogP contribution is -2.00. The molecule has 0 bridgehead atoms.